The Morgan fingerprint density at radius 2 is 2.38 bits per heavy atom. The summed E-state index contributed by atoms with van der Waals surface area (Å²) in [5, 5.41) is 0. The van der Waals surface area contributed by atoms with E-state index in [1.54, 1.807) is 10.8 Å². The molecule has 0 aromatic heterocycles. The van der Waals surface area contributed by atoms with Crippen molar-refractivity contribution in [2.45, 2.75) is 26.7 Å². The van der Waals surface area contributed by atoms with Crippen molar-refractivity contribution in [2.24, 2.45) is 0 Å². The molecule has 0 heterocycles. The summed E-state index contributed by atoms with van der Waals surface area (Å²) in [4.78, 5) is 1.37. The summed E-state index contributed by atoms with van der Waals surface area (Å²) in [7, 11) is 1.55. The molecular weight excluding hydrogens is 136 g/mol. The van der Waals surface area contributed by atoms with E-state index in [2.05, 4.69) is 24.7 Å². The third kappa shape index (κ3) is 3.44. The molecule has 2 heteroatoms. The van der Waals surface area contributed by atoms with E-state index >= 15 is 0 Å². The second kappa shape index (κ2) is 5.57. The normalized spacial score (nSPS) is 12.1. The highest BCUT2D eigenvalue weighted by Gasteiger charge is 1.88. The Morgan fingerprint density at radius 1 is 1.75 bits per heavy atom. The molecule has 0 aliphatic carbocycles. The lowest BCUT2D eigenvalue weighted by atomic mass is 10.3. The van der Waals surface area contributed by atoms with Gasteiger partial charge in [-0.3, -0.25) is 0 Å². The van der Waals surface area contributed by atoms with Gasteiger partial charge in [-0.25, -0.2) is 0 Å². The van der Waals surface area contributed by atoms with Crippen LogP contribution in [0.4, 0.5) is 0 Å². The average molecular weight is 148 g/mol. The smallest absolute Gasteiger partial charge is 0.00872 e. The molecule has 0 nitrogen and oxygen atoms in total. The molecule has 48 valence electrons. The molecule has 0 fully saturated rings. The quantitative estimate of drug-likeness (QED) is 0.473. The molecule has 0 aliphatic heterocycles. The topological polar surface area (TPSA) is 0 Å². The van der Waals surface area contributed by atoms with E-state index in [4.69, 9.17) is 0 Å². The molecule has 8 heavy (non-hydrogen) atoms. The summed E-state index contributed by atoms with van der Waals surface area (Å²) in [6, 6.07) is 0. The van der Waals surface area contributed by atoms with Crippen LogP contribution in [0, 0.1) is 0 Å². The maximum absolute atomic E-state index is 4.08. The minimum atomic E-state index is 1.17. The lowest BCUT2D eigenvalue weighted by molar-refractivity contribution is 0.946. The van der Waals surface area contributed by atoms with Crippen molar-refractivity contribution >= 4 is 22.5 Å². The lowest BCUT2D eigenvalue weighted by Crippen LogP contribution is -1.69. The van der Waals surface area contributed by atoms with Crippen molar-refractivity contribution in [3.63, 3.8) is 0 Å². The van der Waals surface area contributed by atoms with Gasteiger partial charge in [0.25, 0.3) is 0 Å². The molecular formula is C6H12S2. The molecule has 0 radical (unpaired) electrons. The molecule has 0 saturated carbocycles. The van der Waals surface area contributed by atoms with Gasteiger partial charge in [-0.1, -0.05) is 30.2 Å². The summed E-state index contributed by atoms with van der Waals surface area (Å²) in [6.07, 6.45) is 4.50. The van der Waals surface area contributed by atoms with Gasteiger partial charge >= 0.3 is 0 Å². The van der Waals surface area contributed by atoms with Crippen LogP contribution in [0.2, 0.25) is 0 Å². The minimum Gasteiger partial charge on any atom is -0.106 e. The molecule has 0 unspecified atom stereocenters. The number of rotatable bonds is 3. The van der Waals surface area contributed by atoms with Gasteiger partial charge in [-0.15, -0.1) is 11.7 Å². The Kier molecular flexibility index (Phi) is 5.88. The van der Waals surface area contributed by atoms with E-state index < -0.39 is 0 Å². The van der Waals surface area contributed by atoms with Crippen LogP contribution in [0.5, 0.6) is 0 Å². The summed E-state index contributed by atoms with van der Waals surface area (Å²) >= 11 is 4.08. The summed E-state index contributed by atoms with van der Waals surface area (Å²) in [6.45, 7) is 4.22. The number of hydrogen-bond donors (Lipinski definition) is 1. The number of allylic oxidation sites excluding steroid dienone is 2. The fourth-order valence-corrected chi connectivity index (χ4v) is 1.48. The predicted octanol–water partition coefficient (Wildman–Crippen LogP) is 3.27. The van der Waals surface area contributed by atoms with E-state index in [-0.39, 0.29) is 0 Å². The van der Waals surface area contributed by atoms with E-state index in [0.29, 0.717) is 0 Å². The standard InChI is InChI=1S/C6H12S2/c1-3-5-6(4-2)8-7/h4,7H,3,5H2,1-2H3. The van der Waals surface area contributed by atoms with Crippen LogP contribution >= 0.6 is 22.5 Å². The van der Waals surface area contributed by atoms with Gasteiger partial charge in [-0.05, 0) is 18.2 Å². The van der Waals surface area contributed by atoms with Crippen molar-refractivity contribution in [3.05, 3.63) is 11.0 Å². The van der Waals surface area contributed by atoms with Crippen molar-refractivity contribution in [3.8, 4) is 0 Å². The zero-order valence-corrected chi connectivity index (χ0v) is 7.06. The highest BCUT2D eigenvalue weighted by molar-refractivity contribution is 8.70. The highest BCUT2D eigenvalue weighted by atomic mass is 33.1. The van der Waals surface area contributed by atoms with Crippen molar-refractivity contribution in [1.82, 2.24) is 0 Å². The van der Waals surface area contributed by atoms with E-state index in [1.807, 2.05) is 6.92 Å². The van der Waals surface area contributed by atoms with Gasteiger partial charge in [0.1, 0.15) is 0 Å². The molecule has 0 N–H and O–H groups in total. The summed E-state index contributed by atoms with van der Waals surface area (Å²) < 4.78 is 0. The largest absolute Gasteiger partial charge is 0.106 e. The van der Waals surface area contributed by atoms with Gasteiger partial charge in [0.2, 0.25) is 0 Å². The predicted molar refractivity (Wildman–Crippen MR) is 45.2 cm³/mol. The highest BCUT2D eigenvalue weighted by Crippen LogP contribution is 2.23. The molecule has 0 spiro atoms. The first kappa shape index (κ1) is 8.44. The van der Waals surface area contributed by atoms with Crippen LogP contribution in [-0.4, -0.2) is 0 Å². The van der Waals surface area contributed by atoms with Crippen molar-refractivity contribution in [2.75, 3.05) is 0 Å². The van der Waals surface area contributed by atoms with Crippen LogP contribution in [0.1, 0.15) is 26.7 Å². The molecule has 0 aliphatic rings. The maximum atomic E-state index is 4.08. The van der Waals surface area contributed by atoms with Crippen LogP contribution in [0.3, 0.4) is 0 Å². The third-order valence-electron chi connectivity index (χ3n) is 0.936. The van der Waals surface area contributed by atoms with E-state index in [1.165, 1.54) is 17.7 Å². The van der Waals surface area contributed by atoms with Crippen molar-refractivity contribution < 1.29 is 0 Å². The monoisotopic (exact) mass is 148 g/mol. The summed E-state index contributed by atoms with van der Waals surface area (Å²) in [5.41, 5.74) is 0. The van der Waals surface area contributed by atoms with Crippen LogP contribution < -0.4 is 0 Å². The molecule has 0 saturated heterocycles. The maximum Gasteiger partial charge on any atom is -0.00872 e. The Balaban J connectivity index is 3.38. The third-order valence-corrected chi connectivity index (χ3v) is 2.31. The zero-order chi connectivity index (χ0) is 6.41. The van der Waals surface area contributed by atoms with Gasteiger partial charge in [0.15, 0.2) is 0 Å². The fraction of sp³-hybridized carbons (Fsp3) is 0.667. The van der Waals surface area contributed by atoms with Gasteiger partial charge in [0.05, 0.1) is 0 Å². The van der Waals surface area contributed by atoms with Gasteiger partial charge in [0, 0.05) is 0 Å². The molecule has 0 atom stereocenters. The Labute approximate surface area is 60.6 Å². The number of hydrogen-bond acceptors (Lipinski definition) is 2. The lowest BCUT2D eigenvalue weighted by Gasteiger charge is -1.95. The molecule has 0 rings (SSSR count). The first-order valence-corrected chi connectivity index (χ1v) is 4.68. The minimum absolute atomic E-state index is 1.17. The van der Waals surface area contributed by atoms with Crippen LogP contribution in [-0.2, 0) is 0 Å². The van der Waals surface area contributed by atoms with E-state index in [9.17, 15) is 0 Å². The second-order valence-electron chi connectivity index (χ2n) is 1.60. The Morgan fingerprint density at radius 3 is 2.50 bits per heavy atom. The average Bonchev–Trinajstić information content (AvgIpc) is 1.83. The molecule has 0 amide bonds. The summed E-state index contributed by atoms with van der Waals surface area (Å²) in [5.74, 6) is 0. The fourth-order valence-electron chi connectivity index (χ4n) is 0.489. The first-order valence-electron chi connectivity index (χ1n) is 2.81. The number of thiol groups is 1. The zero-order valence-electron chi connectivity index (χ0n) is 5.35. The first-order chi connectivity index (χ1) is 3.85. The van der Waals surface area contributed by atoms with Crippen LogP contribution in [0.25, 0.3) is 0 Å². The van der Waals surface area contributed by atoms with Crippen LogP contribution in [0.15, 0.2) is 11.0 Å². The molecule has 0 bridgehead atoms. The van der Waals surface area contributed by atoms with E-state index in [0.717, 1.165) is 0 Å². The Bertz CT molecular complexity index is 76.6. The molecule has 0 aromatic carbocycles. The molecule has 0 aromatic rings. The second-order valence-corrected chi connectivity index (χ2v) is 2.85. The van der Waals surface area contributed by atoms with Gasteiger partial charge < -0.3 is 0 Å². The Hall–Kier alpha value is 0.440. The SMILES string of the molecule is CC=C(CCC)SS. The van der Waals surface area contributed by atoms with Crippen molar-refractivity contribution in [1.29, 1.82) is 0 Å². The van der Waals surface area contributed by atoms with Gasteiger partial charge in [-0.2, -0.15) is 0 Å².